The number of Topliss-reactive ketones (excluding diaryl/α,β-unsaturated/α-hetero) is 1. The summed E-state index contributed by atoms with van der Waals surface area (Å²) in [7, 11) is 0. The predicted octanol–water partition coefficient (Wildman–Crippen LogP) is 17.7. The summed E-state index contributed by atoms with van der Waals surface area (Å²) in [6.45, 7) is 8.16. The van der Waals surface area contributed by atoms with Crippen LogP contribution in [0.15, 0.2) is 229 Å². The molecule has 0 spiro atoms. The molecular formula is C80H78N4O10. The number of nitrogens with one attached hydrogen (secondary N) is 2. The molecule has 14 heteroatoms. The Morgan fingerprint density at radius 1 is 0.489 bits per heavy atom. The van der Waals surface area contributed by atoms with Gasteiger partial charge in [0.05, 0.1) is 37.4 Å². The first-order chi connectivity index (χ1) is 45.9. The maximum atomic E-state index is 15.3. The van der Waals surface area contributed by atoms with Gasteiger partial charge in [-0.15, -0.1) is 0 Å². The van der Waals surface area contributed by atoms with Crippen LogP contribution >= 0.6 is 0 Å². The van der Waals surface area contributed by atoms with Crippen molar-refractivity contribution in [1.29, 1.82) is 0 Å². The van der Waals surface area contributed by atoms with Crippen LogP contribution in [-0.2, 0) is 33.3 Å². The zero-order valence-corrected chi connectivity index (χ0v) is 53.7. The number of hydrogen-bond acceptors (Lipinski definition) is 11. The molecule has 2 aliphatic carbocycles. The van der Waals surface area contributed by atoms with E-state index in [-0.39, 0.29) is 84.8 Å². The maximum absolute atomic E-state index is 15.3. The molecule has 2 N–H and O–H groups in total. The maximum Gasteiger partial charge on any atom is 0.508 e. The van der Waals surface area contributed by atoms with Crippen LogP contribution in [0.2, 0.25) is 0 Å². The normalized spacial score (nSPS) is 14.3. The highest BCUT2D eigenvalue weighted by atomic mass is 16.7. The lowest BCUT2D eigenvalue weighted by molar-refractivity contribution is -0.297. The minimum absolute atomic E-state index is 0.157. The number of carbonyl (C=O) groups is 5. The van der Waals surface area contributed by atoms with Crippen molar-refractivity contribution in [1.82, 2.24) is 9.89 Å². The second-order valence-corrected chi connectivity index (χ2v) is 23.9. The topological polar surface area (TPSA) is 176 Å². The third-order valence-corrected chi connectivity index (χ3v) is 17.5. The Hall–Kier alpha value is -10.6. The largest absolute Gasteiger partial charge is 0.871 e. The number of nitrogens with zero attached hydrogens (tertiary/aromatic N) is 2. The Kier molecular flexibility index (Phi) is 21.2. The smallest absolute Gasteiger partial charge is 0.508 e. The Balaban J connectivity index is 0.985. The lowest BCUT2D eigenvalue weighted by Crippen LogP contribution is -2.34. The van der Waals surface area contributed by atoms with Gasteiger partial charge in [-0.2, -0.15) is 4.58 Å². The molecule has 0 saturated heterocycles. The van der Waals surface area contributed by atoms with Gasteiger partial charge in [-0.25, -0.2) is 9.59 Å². The van der Waals surface area contributed by atoms with Gasteiger partial charge < -0.3 is 39.6 Å². The third-order valence-electron chi connectivity index (χ3n) is 17.5. The number of ketones is 1. The lowest BCUT2D eigenvalue weighted by Gasteiger charge is -2.34. The van der Waals surface area contributed by atoms with Gasteiger partial charge in [0.25, 0.3) is 0 Å². The Bertz CT molecular complexity index is 4340. The van der Waals surface area contributed by atoms with Crippen molar-refractivity contribution >= 4 is 118 Å². The summed E-state index contributed by atoms with van der Waals surface area (Å²) >= 11 is 0. The van der Waals surface area contributed by atoms with Crippen molar-refractivity contribution in [3.05, 3.63) is 234 Å². The second kappa shape index (κ2) is 30.7. The van der Waals surface area contributed by atoms with Crippen LogP contribution in [0, 0.1) is 11.8 Å². The summed E-state index contributed by atoms with van der Waals surface area (Å²) in [6.07, 6.45) is 10.5. The van der Waals surface area contributed by atoms with Crippen molar-refractivity contribution < 1.29 is 48.0 Å². The minimum Gasteiger partial charge on any atom is -0.871 e. The molecule has 0 bridgehead atoms. The molecule has 478 valence electrons. The van der Waals surface area contributed by atoms with Gasteiger partial charge in [0, 0.05) is 75.8 Å². The molecule has 2 unspecified atom stereocenters. The Morgan fingerprint density at radius 2 is 0.926 bits per heavy atom. The number of ether oxygens (including phenoxy) is 4. The molecule has 0 radical (unpaired) electrons. The van der Waals surface area contributed by atoms with Gasteiger partial charge in [-0.3, -0.25) is 14.4 Å². The molecule has 2 atom stereocenters. The Labute approximate surface area is 548 Å². The van der Waals surface area contributed by atoms with Crippen LogP contribution in [0.1, 0.15) is 97.5 Å². The van der Waals surface area contributed by atoms with E-state index in [4.69, 9.17) is 18.9 Å². The van der Waals surface area contributed by atoms with E-state index in [9.17, 15) is 19.2 Å². The minimum atomic E-state index is -0.874. The number of anilines is 4. The predicted molar refractivity (Wildman–Crippen MR) is 374 cm³/mol. The van der Waals surface area contributed by atoms with E-state index in [1.54, 1.807) is 24.3 Å². The summed E-state index contributed by atoms with van der Waals surface area (Å²) in [5.41, 5.74) is 4.67. The van der Waals surface area contributed by atoms with Gasteiger partial charge in [-0.1, -0.05) is 187 Å². The summed E-state index contributed by atoms with van der Waals surface area (Å²) in [5, 5.41) is 29.4. The fourth-order valence-corrected chi connectivity index (χ4v) is 12.2. The second-order valence-electron chi connectivity index (χ2n) is 23.9. The zero-order chi connectivity index (χ0) is 65.5. The average molecular weight is 1260 g/mol. The molecule has 14 nitrogen and oxygen atoms in total. The monoisotopic (exact) mass is 1250 g/mol. The van der Waals surface area contributed by atoms with E-state index in [2.05, 4.69) is 62.6 Å². The van der Waals surface area contributed by atoms with Crippen molar-refractivity contribution in [2.75, 3.05) is 36.6 Å². The van der Waals surface area contributed by atoms with E-state index < -0.39 is 35.7 Å². The van der Waals surface area contributed by atoms with Crippen LogP contribution in [0.3, 0.4) is 0 Å². The van der Waals surface area contributed by atoms with Crippen molar-refractivity contribution in [3.8, 4) is 0 Å². The molecule has 0 saturated carbocycles. The van der Waals surface area contributed by atoms with E-state index in [0.717, 1.165) is 117 Å². The number of benzene rings is 9. The van der Waals surface area contributed by atoms with Gasteiger partial charge >= 0.3 is 12.3 Å². The molecule has 11 rings (SSSR count). The standard InChI is InChI=1S/C80H78N4O10/c1-5-9-19-53(7-3)51-93-79(89)91-43-41-73(85)81-71-49-67(83(63-33-29-55-21-11-15-25-59(55)45-63)64-34-30-56-22-12-16-26-60(56)46-64)37-39-69(71)75-77(87)76(78(75)88)70-40-38-68(50-72(70)82-74(86)42-44-92-80(90)94-52-54(8-4)20-10-6-2)84(65-35-31-57-23-13-17-27-61(57)47-65)66-36-32-58-24-14-18-28-62(58)48-66/h11-18,21-40,45-50,53-54H,5-10,19-20,41-44,51-52H2,1-4H3,(H2,81,82,85,86,87,88). The van der Waals surface area contributed by atoms with E-state index in [1.165, 1.54) is 0 Å². The highest BCUT2D eigenvalue weighted by Crippen LogP contribution is 2.45. The number of rotatable bonds is 26. The van der Waals surface area contributed by atoms with Crippen LogP contribution in [-0.4, -0.2) is 62.0 Å². The van der Waals surface area contributed by atoms with Crippen LogP contribution < -0.4 is 25.2 Å². The number of fused-ring (bicyclic) bond motifs is 4. The molecule has 0 fully saturated rings. The fraction of sp³-hybridized carbons (Fsp3) is 0.250. The quantitative estimate of drug-likeness (QED) is 0.0300. The summed E-state index contributed by atoms with van der Waals surface area (Å²) in [6, 6.07) is 62.0. The first-order valence-corrected chi connectivity index (χ1v) is 32.8. The van der Waals surface area contributed by atoms with Crippen LogP contribution in [0.4, 0.5) is 43.7 Å². The fourth-order valence-electron chi connectivity index (χ4n) is 12.2. The number of unbranched alkanes of at least 4 members (excludes halogenated alkanes) is 2. The highest BCUT2D eigenvalue weighted by molar-refractivity contribution is 6.40. The van der Waals surface area contributed by atoms with Crippen LogP contribution in [0.25, 0.3) is 48.7 Å². The molecule has 9 aromatic carbocycles. The molecule has 0 aromatic heterocycles. The Morgan fingerprint density at radius 3 is 1.39 bits per heavy atom. The van der Waals surface area contributed by atoms with Crippen LogP contribution in [0.5, 0.6) is 0 Å². The highest BCUT2D eigenvalue weighted by Gasteiger charge is 2.36. The molecular weight excluding hydrogens is 1180 g/mol. The number of hydrogen-bond donors (Lipinski definition) is 2. The first kappa shape index (κ1) is 64.9. The number of amides is 2. The first-order valence-electron chi connectivity index (χ1n) is 32.8. The molecule has 0 aliphatic heterocycles. The summed E-state index contributed by atoms with van der Waals surface area (Å²) < 4.78 is 23.8. The van der Waals surface area contributed by atoms with Gasteiger partial charge in [-0.05, 0) is 122 Å². The molecule has 2 aliphatic rings. The molecule has 2 amide bonds. The van der Waals surface area contributed by atoms with Gasteiger partial charge in [0.1, 0.15) is 13.2 Å². The molecule has 0 heterocycles. The zero-order valence-electron chi connectivity index (χ0n) is 53.7. The van der Waals surface area contributed by atoms with E-state index in [1.807, 2.05) is 167 Å². The average Bonchev–Trinajstić information content (AvgIpc) is 0.739. The van der Waals surface area contributed by atoms with E-state index in [0.29, 0.717) is 11.4 Å². The van der Waals surface area contributed by atoms with Crippen molar-refractivity contribution in [3.63, 3.8) is 0 Å². The number of carbonyl (C=O) groups excluding carboxylic acids is 5. The number of allylic oxidation sites excluding steroid dienone is 5. The van der Waals surface area contributed by atoms with Crippen molar-refractivity contribution in [2.45, 2.75) is 91.9 Å². The van der Waals surface area contributed by atoms with Crippen molar-refractivity contribution in [2.24, 2.45) is 11.8 Å². The SMILES string of the molecule is CCCCC(CC)COC(=O)OCCC(=O)NC1=CC(=[N+](c2ccc3ccccc3c2)c2ccc3ccccc3c2)C=CC1=C1C(=O)C(c2ccc(N(c3ccc4ccccc4c3)c3ccc4ccccc4c3)cc2NC(=O)CCOC(=O)OCC(CC)CCCC)=C1[O-]. The summed E-state index contributed by atoms with van der Waals surface area (Å²) in [4.78, 5) is 71.4. The van der Waals surface area contributed by atoms with Gasteiger partial charge in [0.2, 0.25) is 28.9 Å². The van der Waals surface area contributed by atoms with E-state index >= 15 is 9.90 Å². The third kappa shape index (κ3) is 15.3. The summed E-state index contributed by atoms with van der Waals surface area (Å²) in [5.74, 6) is -1.96. The molecule has 9 aromatic rings. The molecule has 94 heavy (non-hydrogen) atoms. The lowest BCUT2D eigenvalue weighted by atomic mass is 9.78. The van der Waals surface area contributed by atoms with Gasteiger partial charge in [0.15, 0.2) is 5.78 Å².